The normalized spacial score (nSPS) is 12.8. The van der Waals surface area contributed by atoms with Crippen molar-refractivity contribution in [1.29, 1.82) is 0 Å². The lowest BCUT2D eigenvalue weighted by Crippen LogP contribution is -2.25. The van der Waals surface area contributed by atoms with Crippen LogP contribution >= 0.6 is 0 Å². The number of nitrogens with zero attached hydrogens (tertiary/aromatic N) is 1. The average Bonchev–Trinajstić information content (AvgIpc) is 2.38. The Bertz CT molecular complexity index is 525. The molecule has 0 aliphatic heterocycles. The van der Waals surface area contributed by atoms with Gasteiger partial charge in [0.25, 0.3) is 0 Å². The molecule has 1 aromatic heterocycles. The molecular weight excluding hydrogens is 224 g/mol. The number of fused-ring (bicyclic) bond motifs is 1. The van der Waals surface area contributed by atoms with Crippen LogP contribution in [0.5, 0.6) is 0 Å². The molecule has 3 nitrogen and oxygen atoms in total. The standard InChI is InChI=1S/C15H20N2O/c1-11-8-13(10-16-9-12(2)18-3)14-6-4-5-7-15(14)17-11/h4-8,12,16H,9-10H2,1-3H3. The highest BCUT2D eigenvalue weighted by Gasteiger charge is 2.04. The Hall–Kier alpha value is -1.45. The van der Waals surface area contributed by atoms with Crippen molar-refractivity contribution in [1.82, 2.24) is 10.3 Å². The van der Waals surface area contributed by atoms with Gasteiger partial charge in [-0.2, -0.15) is 0 Å². The number of nitrogens with one attached hydrogen (secondary N) is 1. The lowest BCUT2D eigenvalue weighted by molar-refractivity contribution is 0.117. The molecule has 0 spiro atoms. The van der Waals surface area contributed by atoms with Gasteiger partial charge in [-0.15, -0.1) is 0 Å². The second-order valence-corrected chi connectivity index (χ2v) is 4.62. The van der Waals surface area contributed by atoms with E-state index in [1.807, 2.05) is 13.0 Å². The van der Waals surface area contributed by atoms with Crippen LogP contribution in [-0.4, -0.2) is 24.7 Å². The van der Waals surface area contributed by atoms with Crippen molar-refractivity contribution in [2.24, 2.45) is 0 Å². The third-order valence-electron chi connectivity index (χ3n) is 3.08. The Morgan fingerprint density at radius 2 is 2.11 bits per heavy atom. The van der Waals surface area contributed by atoms with E-state index in [0.717, 1.165) is 24.3 Å². The Balaban J connectivity index is 2.17. The summed E-state index contributed by atoms with van der Waals surface area (Å²) in [6, 6.07) is 10.4. The van der Waals surface area contributed by atoms with Gasteiger partial charge in [0.15, 0.2) is 0 Å². The summed E-state index contributed by atoms with van der Waals surface area (Å²) in [5, 5.41) is 4.64. The molecule has 0 aliphatic rings. The summed E-state index contributed by atoms with van der Waals surface area (Å²) in [6.07, 6.45) is 0.235. The summed E-state index contributed by atoms with van der Waals surface area (Å²) in [5.41, 5.74) is 3.42. The molecule has 1 unspecified atom stereocenters. The van der Waals surface area contributed by atoms with Gasteiger partial charge in [-0.1, -0.05) is 18.2 Å². The Kier molecular flexibility index (Phi) is 4.28. The molecular formula is C15H20N2O. The number of aromatic nitrogens is 1. The molecule has 0 amide bonds. The van der Waals surface area contributed by atoms with Gasteiger partial charge < -0.3 is 10.1 Å². The van der Waals surface area contributed by atoms with Crippen molar-refractivity contribution < 1.29 is 4.74 Å². The summed E-state index contributed by atoms with van der Waals surface area (Å²) in [4.78, 5) is 4.54. The predicted molar refractivity (Wildman–Crippen MR) is 74.7 cm³/mol. The number of benzene rings is 1. The monoisotopic (exact) mass is 244 g/mol. The number of methoxy groups -OCH3 is 1. The van der Waals surface area contributed by atoms with E-state index in [0.29, 0.717) is 0 Å². The highest BCUT2D eigenvalue weighted by molar-refractivity contribution is 5.82. The molecule has 18 heavy (non-hydrogen) atoms. The minimum absolute atomic E-state index is 0.235. The number of rotatable bonds is 5. The van der Waals surface area contributed by atoms with Gasteiger partial charge in [-0.05, 0) is 31.5 Å². The fourth-order valence-electron chi connectivity index (χ4n) is 2.03. The molecule has 1 N–H and O–H groups in total. The van der Waals surface area contributed by atoms with E-state index in [-0.39, 0.29) is 6.10 Å². The molecule has 96 valence electrons. The Labute approximate surface area is 108 Å². The fourth-order valence-corrected chi connectivity index (χ4v) is 2.03. The molecule has 0 saturated carbocycles. The van der Waals surface area contributed by atoms with Crippen LogP contribution in [0.4, 0.5) is 0 Å². The smallest absolute Gasteiger partial charge is 0.0708 e. The molecule has 2 rings (SSSR count). The first-order valence-corrected chi connectivity index (χ1v) is 6.29. The largest absolute Gasteiger partial charge is 0.380 e. The molecule has 0 aliphatic carbocycles. The van der Waals surface area contributed by atoms with Crippen LogP contribution in [-0.2, 0) is 11.3 Å². The van der Waals surface area contributed by atoms with Crippen molar-refractivity contribution in [3.63, 3.8) is 0 Å². The second-order valence-electron chi connectivity index (χ2n) is 4.62. The lowest BCUT2D eigenvalue weighted by atomic mass is 10.1. The van der Waals surface area contributed by atoms with E-state index in [1.165, 1.54) is 10.9 Å². The van der Waals surface area contributed by atoms with Crippen molar-refractivity contribution >= 4 is 10.9 Å². The first-order valence-electron chi connectivity index (χ1n) is 6.29. The molecule has 0 radical (unpaired) electrons. The third-order valence-corrected chi connectivity index (χ3v) is 3.08. The first kappa shape index (κ1) is 13.0. The predicted octanol–water partition coefficient (Wildman–Crippen LogP) is 2.67. The van der Waals surface area contributed by atoms with Crippen LogP contribution in [0.1, 0.15) is 18.2 Å². The third kappa shape index (κ3) is 3.06. The Morgan fingerprint density at radius 3 is 2.89 bits per heavy atom. The maximum Gasteiger partial charge on any atom is 0.0708 e. The lowest BCUT2D eigenvalue weighted by Gasteiger charge is -2.12. The molecule has 0 fully saturated rings. The zero-order chi connectivity index (χ0) is 13.0. The molecule has 0 bridgehead atoms. The highest BCUT2D eigenvalue weighted by atomic mass is 16.5. The summed E-state index contributed by atoms with van der Waals surface area (Å²) in [6.45, 7) is 5.79. The van der Waals surface area contributed by atoms with Gasteiger partial charge in [0, 0.05) is 31.3 Å². The number of hydrogen-bond donors (Lipinski definition) is 1. The molecule has 0 saturated heterocycles. The maximum absolute atomic E-state index is 5.22. The van der Waals surface area contributed by atoms with Gasteiger partial charge in [-0.25, -0.2) is 0 Å². The Morgan fingerprint density at radius 1 is 1.33 bits per heavy atom. The number of hydrogen-bond acceptors (Lipinski definition) is 3. The van der Waals surface area contributed by atoms with E-state index in [1.54, 1.807) is 7.11 Å². The topological polar surface area (TPSA) is 34.1 Å². The van der Waals surface area contributed by atoms with Gasteiger partial charge in [0.1, 0.15) is 0 Å². The van der Waals surface area contributed by atoms with E-state index in [9.17, 15) is 0 Å². The van der Waals surface area contributed by atoms with E-state index in [2.05, 4.69) is 41.5 Å². The van der Waals surface area contributed by atoms with Crippen molar-refractivity contribution in [2.45, 2.75) is 26.5 Å². The molecule has 3 heteroatoms. The summed E-state index contributed by atoms with van der Waals surface area (Å²) in [5.74, 6) is 0. The quantitative estimate of drug-likeness (QED) is 0.878. The number of ether oxygens (including phenoxy) is 1. The van der Waals surface area contributed by atoms with Crippen molar-refractivity contribution in [2.75, 3.05) is 13.7 Å². The average molecular weight is 244 g/mol. The minimum atomic E-state index is 0.235. The molecule has 1 atom stereocenters. The second kappa shape index (κ2) is 5.94. The zero-order valence-electron chi connectivity index (χ0n) is 11.2. The maximum atomic E-state index is 5.22. The van der Waals surface area contributed by atoms with E-state index >= 15 is 0 Å². The molecule has 1 aromatic carbocycles. The molecule has 1 heterocycles. The van der Waals surface area contributed by atoms with Crippen LogP contribution in [0.3, 0.4) is 0 Å². The summed E-state index contributed by atoms with van der Waals surface area (Å²) < 4.78 is 5.22. The fraction of sp³-hybridized carbons (Fsp3) is 0.400. The van der Waals surface area contributed by atoms with Crippen LogP contribution in [0.15, 0.2) is 30.3 Å². The van der Waals surface area contributed by atoms with Gasteiger partial charge >= 0.3 is 0 Å². The first-order chi connectivity index (χ1) is 8.70. The minimum Gasteiger partial charge on any atom is -0.380 e. The van der Waals surface area contributed by atoms with Crippen LogP contribution in [0.2, 0.25) is 0 Å². The van der Waals surface area contributed by atoms with E-state index < -0.39 is 0 Å². The van der Waals surface area contributed by atoms with Crippen LogP contribution in [0.25, 0.3) is 10.9 Å². The number of aryl methyl sites for hydroxylation is 1. The number of pyridine rings is 1. The molecule has 2 aromatic rings. The zero-order valence-corrected chi connectivity index (χ0v) is 11.2. The highest BCUT2D eigenvalue weighted by Crippen LogP contribution is 2.17. The summed E-state index contributed by atoms with van der Waals surface area (Å²) in [7, 11) is 1.73. The number of para-hydroxylation sites is 1. The van der Waals surface area contributed by atoms with Gasteiger partial charge in [-0.3, -0.25) is 4.98 Å². The summed E-state index contributed by atoms with van der Waals surface area (Å²) >= 11 is 0. The van der Waals surface area contributed by atoms with Crippen LogP contribution in [0, 0.1) is 6.92 Å². The van der Waals surface area contributed by atoms with E-state index in [4.69, 9.17) is 4.74 Å². The SMILES string of the molecule is COC(C)CNCc1cc(C)nc2ccccc12. The van der Waals surface area contributed by atoms with Crippen molar-refractivity contribution in [3.8, 4) is 0 Å². The van der Waals surface area contributed by atoms with Gasteiger partial charge in [0.2, 0.25) is 0 Å². The van der Waals surface area contributed by atoms with Crippen LogP contribution < -0.4 is 5.32 Å². The van der Waals surface area contributed by atoms with Gasteiger partial charge in [0.05, 0.1) is 11.6 Å². The van der Waals surface area contributed by atoms with Crippen molar-refractivity contribution in [3.05, 3.63) is 41.6 Å².